The van der Waals surface area contributed by atoms with Gasteiger partial charge in [-0.15, -0.1) is 0 Å². The first-order chi connectivity index (χ1) is 12.6. The van der Waals surface area contributed by atoms with Gasteiger partial charge in [0.1, 0.15) is 0 Å². The lowest BCUT2D eigenvalue weighted by molar-refractivity contribution is 0.221. The van der Waals surface area contributed by atoms with Crippen molar-refractivity contribution >= 4 is 5.96 Å². The van der Waals surface area contributed by atoms with Crippen molar-refractivity contribution in [2.75, 3.05) is 32.7 Å². The summed E-state index contributed by atoms with van der Waals surface area (Å²) in [5, 5.41) is 7.01. The van der Waals surface area contributed by atoms with E-state index >= 15 is 0 Å². The van der Waals surface area contributed by atoms with Gasteiger partial charge in [0, 0.05) is 38.8 Å². The number of nitrogens with one attached hydrogen (secondary N) is 2. The number of benzene rings is 1. The van der Waals surface area contributed by atoms with Crippen LogP contribution in [0.25, 0.3) is 0 Å². The molecule has 0 aliphatic carbocycles. The van der Waals surface area contributed by atoms with Gasteiger partial charge in [0.25, 0.3) is 0 Å². The topological polar surface area (TPSA) is 39.7 Å². The van der Waals surface area contributed by atoms with E-state index in [-0.39, 0.29) is 0 Å². The number of aliphatic imine (C=N–C) groups is 1. The lowest BCUT2D eigenvalue weighted by Crippen LogP contribution is -2.48. The molecule has 144 valence electrons. The van der Waals surface area contributed by atoms with Crippen molar-refractivity contribution in [2.45, 2.75) is 52.5 Å². The summed E-state index contributed by atoms with van der Waals surface area (Å²) < 4.78 is 0. The highest BCUT2D eigenvalue weighted by Gasteiger charge is 2.19. The largest absolute Gasteiger partial charge is 0.357 e. The van der Waals surface area contributed by atoms with Gasteiger partial charge in [-0.05, 0) is 50.7 Å². The van der Waals surface area contributed by atoms with Crippen LogP contribution in [0, 0.1) is 0 Å². The predicted octanol–water partition coefficient (Wildman–Crippen LogP) is 3.39. The van der Waals surface area contributed by atoms with Crippen molar-refractivity contribution in [3.63, 3.8) is 0 Å². The van der Waals surface area contributed by atoms with Crippen LogP contribution in [0.1, 0.15) is 44.7 Å². The first-order valence-electron chi connectivity index (χ1n) is 10.1. The summed E-state index contributed by atoms with van der Waals surface area (Å²) in [5.74, 6) is 0.955. The molecule has 0 spiro atoms. The predicted molar refractivity (Wildman–Crippen MR) is 113 cm³/mol. The Morgan fingerprint density at radius 3 is 2.38 bits per heavy atom. The molecule has 0 unspecified atom stereocenters. The third kappa shape index (κ3) is 7.20. The number of nitrogens with zero attached hydrogens (tertiary/aromatic N) is 2. The molecule has 1 heterocycles. The van der Waals surface area contributed by atoms with Crippen LogP contribution in [-0.2, 0) is 12.8 Å². The molecule has 4 nitrogen and oxygen atoms in total. The van der Waals surface area contributed by atoms with Gasteiger partial charge in [0.15, 0.2) is 5.96 Å². The number of hydrogen-bond acceptors (Lipinski definition) is 2. The second-order valence-electron chi connectivity index (χ2n) is 7.33. The van der Waals surface area contributed by atoms with Gasteiger partial charge in [-0.2, -0.15) is 0 Å². The molecule has 1 aromatic carbocycles. The Morgan fingerprint density at radius 1 is 1.15 bits per heavy atom. The fourth-order valence-electron chi connectivity index (χ4n) is 3.37. The van der Waals surface area contributed by atoms with Crippen LogP contribution in [0.4, 0.5) is 0 Å². The number of guanidine groups is 1. The van der Waals surface area contributed by atoms with E-state index in [1.165, 1.54) is 16.7 Å². The number of aryl methyl sites for hydroxylation is 1. The molecule has 1 fully saturated rings. The molecule has 0 saturated carbocycles. The summed E-state index contributed by atoms with van der Waals surface area (Å²) in [4.78, 5) is 7.27. The molecular formula is C22H36N4. The first kappa shape index (κ1) is 20.5. The van der Waals surface area contributed by atoms with Crippen LogP contribution in [0.3, 0.4) is 0 Å². The van der Waals surface area contributed by atoms with Crippen molar-refractivity contribution in [3.8, 4) is 0 Å². The lowest BCUT2D eigenvalue weighted by atomic mass is 10.0. The summed E-state index contributed by atoms with van der Waals surface area (Å²) in [6.45, 7) is 15.4. The molecule has 0 bridgehead atoms. The standard InChI is InChI=1S/C22H36N4/c1-5-19-7-9-20(10-8-19)11-14-24-22(23-6-2)25-21-12-15-26(16-13-21)17-18(3)4/h7-10,21H,3,5-6,11-17H2,1-2,4H3,(H2,23,24,25). The third-order valence-corrected chi connectivity index (χ3v) is 4.87. The molecule has 0 radical (unpaired) electrons. The van der Waals surface area contributed by atoms with Gasteiger partial charge in [-0.3, -0.25) is 9.89 Å². The van der Waals surface area contributed by atoms with Crippen LogP contribution in [0.5, 0.6) is 0 Å². The van der Waals surface area contributed by atoms with Gasteiger partial charge in [0.05, 0.1) is 0 Å². The van der Waals surface area contributed by atoms with E-state index in [2.05, 4.69) is 67.1 Å². The average Bonchev–Trinajstić information content (AvgIpc) is 2.63. The maximum Gasteiger partial charge on any atom is 0.191 e. The zero-order valence-corrected chi connectivity index (χ0v) is 16.9. The van der Waals surface area contributed by atoms with Gasteiger partial charge in [0.2, 0.25) is 0 Å². The Balaban J connectivity index is 1.79. The zero-order chi connectivity index (χ0) is 18.8. The Hall–Kier alpha value is -1.81. The molecule has 0 atom stereocenters. The SMILES string of the molecule is C=C(C)CN1CCC(NC(=NCCc2ccc(CC)cc2)NCC)CC1. The van der Waals surface area contributed by atoms with Crippen molar-refractivity contribution in [3.05, 3.63) is 47.5 Å². The number of likely N-dealkylation sites (tertiary alicyclic amines) is 1. The van der Waals surface area contributed by atoms with E-state index in [0.717, 1.165) is 64.4 Å². The maximum atomic E-state index is 4.78. The molecule has 4 heteroatoms. The molecule has 1 aliphatic rings. The van der Waals surface area contributed by atoms with Crippen molar-refractivity contribution in [2.24, 2.45) is 4.99 Å². The van der Waals surface area contributed by atoms with Crippen LogP contribution >= 0.6 is 0 Å². The Labute approximate surface area is 159 Å². The summed E-state index contributed by atoms with van der Waals surface area (Å²) in [7, 11) is 0. The van der Waals surface area contributed by atoms with Crippen molar-refractivity contribution in [1.82, 2.24) is 15.5 Å². The second kappa shape index (κ2) is 11.0. The molecule has 1 saturated heterocycles. The number of piperidine rings is 1. The summed E-state index contributed by atoms with van der Waals surface area (Å²) in [6.07, 6.45) is 4.40. The number of hydrogen-bond donors (Lipinski definition) is 2. The molecule has 0 aromatic heterocycles. The van der Waals surface area contributed by atoms with Crippen LogP contribution in [0.15, 0.2) is 41.4 Å². The van der Waals surface area contributed by atoms with E-state index in [0.29, 0.717) is 6.04 Å². The fourth-order valence-corrected chi connectivity index (χ4v) is 3.37. The Bertz CT molecular complexity index is 568. The van der Waals surface area contributed by atoms with Gasteiger partial charge < -0.3 is 10.6 Å². The average molecular weight is 357 g/mol. The smallest absolute Gasteiger partial charge is 0.191 e. The molecule has 1 aromatic rings. The van der Waals surface area contributed by atoms with Gasteiger partial charge >= 0.3 is 0 Å². The van der Waals surface area contributed by atoms with Crippen LogP contribution in [-0.4, -0.2) is 49.6 Å². The molecule has 1 aliphatic heterocycles. The van der Waals surface area contributed by atoms with Crippen molar-refractivity contribution in [1.29, 1.82) is 0 Å². The second-order valence-corrected chi connectivity index (χ2v) is 7.33. The van der Waals surface area contributed by atoms with E-state index in [4.69, 9.17) is 4.99 Å². The van der Waals surface area contributed by atoms with E-state index in [9.17, 15) is 0 Å². The first-order valence-corrected chi connectivity index (χ1v) is 10.1. The van der Waals surface area contributed by atoms with Gasteiger partial charge in [-0.1, -0.05) is 43.3 Å². The molecule has 26 heavy (non-hydrogen) atoms. The minimum Gasteiger partial charge on any atom is -0.357 e. The monoisotopic (exact) mass is 356 g/mol. The Morgan fingerprint density at radius 2 is 1.81 bits per heavy atom. The minimum atomic E-state index is 0.512. The molecular weight excluding hydrogens is 320 g/mol. The number of rotatable bonds is 8. The van der Waals surface area contributed by atoms with E-state index in [1.807, 2.05) is 0 Å². The quantitative estimate of drug-likeness (QED) is 0.426. The summed E-state index contributed by atoms with van der Waals surface area (Å²) >= 11 is 0. The maximum absolute atomic E-state index is 4.78. The van der Waals surface area contributed by atoms with E-state index in [1.54, 1.807) is 0 Å². The zero-order valence-electron chi connectivity index (χ0n) is 16.9. The highest BCUT2D eigenvalue weighted by molar-refractivity contribution is 5.80. The third-order valence-electron chi connectivity index (χ3n) is 4.87. The minimum absolute atomic E-state index is 0.512. The summed E-state index contributed by atoms with van der Waals surface area (Å²) in [6, 6.07) is 9.42. The van der Waals surface area contributed by atoms with E-state index < -0.39 is 0 Å². The van der Waals surface area contributed by atoms with Crippen molar-refractivity contribution < 1.29 is 0 Å². The molecule has 0 amide bonds. The Kier molecular flexibility index (Phi) is 8.69. The lowest BCUT2D eigenvalue weighted by Gasteiger charge is -2.33. The van der Waals surface area contributed by atoms with Gasteiger partial charge in [-0.25, -0.2) is 0 Å². The van der Waals surface area contributed by atoms with Crippen LogP contribution < -0.4 is 10.6 Å². The highest BCUT2D eigenvalue weighted by atomic mass is 15.2. The normalized spacial score (nSPS) is 16.5. The van der Waals surface area contributed by atoms with Crippen LogP contribution in [0.2, 0.25) is 0 Å². The molecule has 2 rings (SSSR count). The fraction of sp³-hybridized carbons (Fsp3) is 0.591. The highest BCUT2D eigenvalue weighted by Crippen LogP contribution is 2.11. The molecule has 2 N–H and O–H groups in total. The summed E-state index contributed by atoms with van der Waals surface area (Å²) in [5.41, 5.74) is 4.00.